The van der Waals surface area contributed by atoms with Gasteiger partial charge in [-0.3, -0.25) is 15.0 Å². The van der Waals surface area contributed by atoms with Crippen molar-refractivity contribution in [1.82, 2.24) is 5.32 Å². The van der Waals surface area contributed by atoms with E-state index in [4.69, 9.17) is 15.9 Å². The Morgan fingerprint density at radius 2 is 1.54 bits per heavy atom. The van der Waals surface area contributed by atoms with Crippen LogP contribution in [0.5, 0.6) is 5.75 Å². The Kier molecular flexibility index (Phi) is 8.62. The standard InChI is InChI=1S/C26H22F3N3O5/c27-26(28,29)25(35)37-22(33)14-20(15-36-21-8-4-7-19(13-21)23(30)31)32-24(34)18-11-9-17(10-12-18)16-5-2-1-3-6-16/h1-13,20H,14-15H2,(H3,30,31)(H,32,34)/t20-/m1/s1. The molecule has 0 aliphatic heterocycles. The molecule has 0 heterocycles. The molecule has 4 N–H and O–H groups in total. The highest BCUT2D eigenvalue weighted by molar-refractivity contribution is 5.96. The first-order chi connectivity index (χ1) is 17.5. The first-order valence-corrected chi connectivity index (χ1v) is 10.9. The van der Waals surface area contributed by atoms with Crippen LogP contribution in [0.15, 0.2) is 78.9 Å². The monoisotopic (exact) mass is 513 g/mol. The third-order valence-corrected chi connectivity index (χ3v) is 5.04. The van der Waals surface area contributed by atoms with Gasteiger partial charge in [-0.05, 0) is 35.4 Å². The minimum atomic E-state index is -5.35. The van der Waals surface area contributed by atoms with E-state index in [9.17, 15) is 27.6 Å². The molecule has 0 aliphatic rings. The summed E-state index contributed by atoms with van der Waals surface area (Å²) in [6.45, 7) is -0.357. The number of nitrogens with one attached hydrogen (secondary N) is 2. The summed E-state index contributed by atoms with van der Waals surface area (Å²) >= 11 is 0. The first kappa shape index (κ1) is 26.9. The molecular formula is C26H22F3N3O5. The van der Waals surface area contributed by atoms with E-state index in [0.717, 1.165) is 11.1 Å². The van der Waals surface area contributed by atoms with E-state index < -0.39 is 36.5 Å². The highest BCUT2D eigenvalue weighted by atomic mass is 19.4. The van der Waals surface area contributed by atoms with Crippen LogP contribution in [0.3, 0.4) is 0 Å². The zero-order chi connectivity index (χ0) is 27.0. The summed E-state index contributed by atoms with van der Waals surface area (Å²) in [7, 11) is 0. The predicted molar refractivity (Wildman–Crippen MR) is 128 cm³/mol. The summed E-state index contributed by atoms with van der Waals surface area (Å²) < 4.78 is 46.8. The molecule has 0 bridgehead atoms. The summed E-state index contributed by atoms with van der Waals surface area (Å²) in [5.74, 6) is -4.76. The summed E-state index contributed by atoms with van der Waals surface area (Å²) in [5.41, 5.74) is 7.82. The lowest BCUT2D eigenvalue weighted by atomic mass is 10.0. The molecule has 0 saturated heterocycles. The van der Waals surface area contributed by atoms with Gasteiger partial charge in [0.15, 0.2) is 0 Å². The third-order valence-electron chi connectivity index (χ3n) is 5.04. The van der Waals surface area contributed by atoms with E-state index in [2.05, 4.69) is 10.1 Å². The second kappa shape index (κ2) is 11.8. The van der Waals surface area contributed by atoms with Crippen LogP contribution in [-0.4, -0.2) is 42.5 Å². The molecule has 0 radical (unpaired) electrons. The Morgan fingerprint density at radius 3 is 2.16 bits per heavy atom. The molecule has 0 aliphatic carbocycles. The van der Waals surface area contributed by atoms with E-state index in [1.165, 1.54) is 12.1 Å². The van der Waals surface area contributed by atoms with Gasteiger partial charge >= 0.3 is 18.1 Å². The average molecular weight is 513 g/mol. The largest absolute Gasteiger partial charge is 0.491 e. The second-order valence-electron chi connectivity index (χ2n) is 7.83. The third kappa shape index (κ3) is 7.92. The number of carbonyl (C=O) groups excluding carboxylic acids is 3. The summed E-state index contributed by atoms with van der Waals surface area (Å²) in [6, 6.07) is 20.9. The average Bonchev–Trinajstić information content (AvgIpc) is 2.87. The van der Waals surface area contributed by atoms with E-state index in [1.54, 1.807) is 36.4 Å². The number of amidine groups is 1. The number of carbonyl (C=O) groups is 3. The van der Waals surface area contributed by atoms with Crippen LogP contribution in [0, 0.1) is 5.41 Å². The van der Waals surface area contributed by atoms with Crippen LogP contribution in [0.1, 0.15) is 22.3 Å². The number of nitrogen functional groups attached to an aromatic ring is 1. The summed E-state index contributed by atoms with van der Waals surface area (Å²) in [6.07, 6.45) is -6.12. The molecule has 8 nitrogen and oxygen atoms in total. The number of nitrogens with two attached hydrogens (primary N) is 1. The van der Waals surface area contributed by atoms with E-state index in [0.29, 0.717) is 5.56 Å². The van der Waals surface area contributed by atoms with Crippen molar-refractivity contribution in [2.24, 2.45) is 5.73 Å². The van der Waals surface area contributed by atoms with Crippen LogP contribution < -0.4 is 15.8 Å². The minimum absolute atomic E-state index is 0.219. The SMILES string of the molecule is N=C(N)c1cccc(OC[C@@H](CC(=O)OC(=O)C(F)(F)F)NC(=O)c2ccc(-c3ccccc3)cc2)c1. The van der Waals surface area contributed by atoms with Crippen LogP contribution in [-0.2, 0) is 14.3 Å². The van der Waals surface area contributed by atoms with E-state index in [1.807, 2.05) is 30.3 Å². The lowest BCUT2D eigenvalue weighted by Crippen LogP contribution is -2.41. The molecule has 0 unspecified atom stereocenters. The van der Waals surface area contributed by atoms with Crippen LogP contribution in [0.2, 0.25) is 0 Å². The van der Waals surface area contributed by atoms with Crippen molar-refractivity contribution in [2.45, 2.75) is 18.6 Å². The number of rotatable bonds is 9. The number of hydrogen-bond donors (Lipinski definition) is 3. The van der Waals surface area contributed by atoms with Gasteiger partial charge in [0.2, 0.25) is 0 Å². The quantitative estimate of drug-likeness (QED) is 0.172. The normalized spacial score (nSPS) is 11.8. The maximum atomic E-state index is 12.8. The Bertz CT molecular complexity index is 1280. The molecule has 11 heteroatoms. The Balaban J connectivity index is 1.72. The number of alkyl halides is 3. The molecule has 3 aromatic rings. The number of hydrogen-bond acceptors (Lipinski definition) is 6. The zero-order valence-corrected chi connectivity index (χ0v) is 19.2. The van der Waals surface area contributed by atoms with Crippen molar-refractivity contribution in [3.05, 3.63) is 90.0 Å². The van der Waals surface area contributed by atoms with Crippen LogP contribution in [0.25, 0.3) is 11.1 Å². The number of halogens is 3. The highest BCUT2D eigenvalue weighted by Gasteiger charge is 2.42. The number of benzene rings is 3. The fourth-order valence-electron chi connectivity index (χ4n) is 3.22. The topological polar surface area (TPSA) is 132 Å². The smallest absolute Gasteiger partial charge is 0.491 e. The van der Waals surface area contributed by atoms with Gasteiger partial charge in [0.25, 0.3) is 5.91 Å². The summed E-state index contributed by atoms with van der Waals surface area (Å²) in [4.78, 5) is 35.8. The fraction of sp³-hybridized carbons (Fsp3) is 0.154. The predicted octanol–water partition coefficient (Wildman–Crippen LogP) is 3.84. The van der Waals surface area contributed by atoms with Gasteiger partial charge < -0.3 is 20.5 Å². The molecule has 0 saturated carbocycles. The van der Waals surface area contributed by atoms with Gasteiger partial charge in [-0.1, -0.05) is 54.6 Å². The lowest BCUT2D eigenvalue weighted by Gasteiger charge is -2.19. The molecule has 3 aromatic carbocycles. The van der Waals surface area contributed by atoms with E-state index >= 15 is 0 Å². The number of ether oxygens (including phenoxy) is 2. The molecule has 0 aromatic heterocycles. The van der Waals surface area contributed by atoms with Crippen LogP contribution >= 0.6 is 0 Å². The molecule has 192 valence electrons. The lowest BCUT2D eigenvalue weighted by molar-refractivity contribution is -0.202. The van der Waals surface area contributed by atoms with Gasteiger partial charge in [-0.15, -0.1) is 0 Å². The molecular weight excluding hydrogens is 491 g/mol. The maximum absolute atomic E-state index is 12.8. The zero-order valence-electron chi connectivity index (χ0n) is 19.2. The van der Waals surface area contributed by atoms with Crippen molar-refractivity contribution in [2.75, 3.05) is 6.61 Å². The molecule has 1 amide bonds. The Labute approximate surface area is 209 Å². The maximum Gasteiger partial charge on any atom is 0.491 e. The van der Waals surface area contributed by atoms with Crippen molar-refractivity contribution in [3.8, 4) is 16.9 Å². The van der Waals surface area contributed by atoms with Gasteiger partial charge in [-0.2, -0.15) is 13.2 Å². The van der Waals surface area contributed by atoms with Crippen molar-refractivity contribution < 1.29 is 37.0 Å². The molecule has 1 atom stereocenters. The van der Waals surface area contributed by atoms with Gasteiger partial charge in [0, 0.05) is 11.1 Å². The molecule has 0 spiro atoms. The number of amides is 1. The van der Waals surface area contributed by atoms with Gasteiger partial charge in [0.1, 0.15) is 18.2 Å². The first-order valence-electron chi connectivity index (χ1n) is 10.9. The fourth-order valence-corrected chi connectivity index (χ4v) is 3.22. The van der Waals surface area contributed by atoms with Crippen LogP contribution in [0.4, 0.5) is 13.2 Å². The minimum Gasteiger partial charge on any atom is -0.491 e. The van der Waals surface area contributed by atoms with Gasteiger partial charge in [0.05, 0.1) is 12.5 Å². The molecule has 0 fully saturated rings. The van der Waals surface area contributed by atoms with Gasteiger partial charge in [-0.25, -0.2) is 4.79 Å². The highest BCUT2D eigenvalue weighted by Crippen LogP contribution is 2.20. The van der Waals surface area contributed by atoms with E-state index in [-0.39, 0.29) is 23.8 Å². The molecule has 3 rings (SSSR count). The van der Waals surface area contributed by atoms with Crippen molar-refractivity contribution >= 4 is 23.7 Å². The molecule has 37 heavy (non-hydrogen) atoms. The number of esters is 2. The summed E-state index contributed by atoms with van der Waals surface area (Å²) in [5, 5.41) is 10.0. The Hall–Kier alpha value is -4.67. The van der Waals surface area contributed by atoms with Crippen molar-refractivity contribution in [1.29, 1.82) is 5.41 Å². The van der Waals surface area contributed by atoms with Crippen molar-refractivity contribution in [3.63, 3.8) is 0 Å². The second-order valence-corrected chi connectivity index (χ2v) is 7.83. The Morgan fingerprint density at radius 1 is 0.892 bits per heavy atom.